The minimum Gasteiger partial charge on any atom is -0.380 e. The van der Waals surface area contributed by atoms with Gasteiger partial charge in [-0.05, 0) is 32.2 Å². The Hall–Kier alpha value is -1.27. The number of piperidine rings is 1. The Kier molecular flexibility index (Phi) is 3.74. The summed E-state index contributed by atoms with van der Waals surface area (Å²) in [5.41, 5.74) is 0.346. The third-order valence-electron chi connectivity index (χ3n) is 5.44. The van der Waals surface area contributed by atoms with E-state index in [-0.39, 0.29) is 5.82 Å². The molecular weight excluding hydrogens is 283 g/mol. The molecule has 4 heterocycles. The number of rotatable bonds is 2. The fourth-order valence-electron chi connectivity index (χ4n) is 4.27. The zero-order chi connectivity index (χ0) is 15.0. The van der Waals surface area contributed by atoms with E-state index in [1.807, 2.05) is 0 Å². The van der Waals surface area contributed by atoms with Crippen molar-refractivity contribution in [2.75, 3.05) is 44.3 Å². The fraction of sp³-hybridized carbons (Fsp3) is 0.750. The number of hydrogen-bond donors (Lipinski definition) is 0. The van der Waals surface area contributed by atoms with Crippen molar-refractivity contribution in [2.24, 2.45) is 5.41 Å². The largest absolute Gasteiger partial charge is 0.380 e. The van der Waals surface area contributed by atoms with E-state index in [1.165, 1.54) is 38.2 Å². The monoisotopic (exact) mass is 306 g/mol. The summed E-state index contributed by atoms with van der Waals surface area (Å²) in [5.74, 6) is 0.298. The first-order valence-electron chi connectivity index (χ1n) is 8.28. The van der Waals surface area contributed by atoms with E-state index < -0.39 is 0 Å². The summed E-state index contributed by atoms with van der Waals surface area (Å²) in [5, 5.41) is 0. The molecule has 0 unspecified atom stereocenters. The van der Waals surface area contributed by atoms with E-state index in [0.29, 0.717) is 17.4 Å². The molecule has 5 nitrogen and oxygen atoms in total. The maximum absolute atomic E-state index is 13.0. The molecule has 0 aromatic carbocycles. The number of halogens is 1. The van der Waals surface area contributed by atoms with Gasteiger partial charge in [-0.25, -0.2) is 14.4 Å². The van der Waals surface area contributed by atoms with Gasteiger partial charge in [-0.2, -0.15) is 0 Å². The van der Waals surface area contributed by atoms with Crippen molar-refractivity contribution >= 4 is 5.95 Å². The summed E-state index contributed by atoms with van der Waals surface area (Å²) in [6, 6.07) is 0.608. The first-order valence-corrected chi connectivity index (χ1v) is 8.28. The maximum atomic E-state index is 13.0. The van der Waals surface area contributed by atoms with Crippen LogP contribution in [0, 0.1) is 11.2 Å². The van der Waals surface area contributed by atoms with E-state index in [2.05, 4.69) is 19.8 Å². The van der Waals surface area contributed by atoms with Crippen molar-refractivity contribution in [1.82, 2.24) is 14.9 Å². The highest BCUT2D eigenvalue weighted by atomic mass is 19.1. The fourth-order valence-corrected chi connectivity index (χ4v) is 4.27. The van der Waals surface area contributed by atoms with Crippen LogP contribution in [0.3, 0.4) is 0 Å². The van der Waals surface area contributed by atoms with Gasteiger partial charge >= 0.3 is 0 Å². The van der Waals surface area contributed by atoms with Gasteiger partial charge in [0, 0.05) is 37.7 Å². The lowest BCUT2D eigenvalue weighted by Gasteiger charge is -2.40. The Morgan fingerprint density at radius 2 is 2.05 bits per heavy atom. The number of likely N-dealkylation sites (tertiary alicyclic amines) is 1. The van der Waals surface area contributed by atoms with Crippen molar-refractivity contribution in [3.63, 3.8) is 0 Å². The summed E-state index contributed by atoms with van der Waals surface area (Å²) in [6.45, 7) is 6.08. The van der Waals surface area contributed by atoms with Crippen LogP contribution in [0.4, 0.5) is 10.3 Å². The number of aromatic nitrogens is 2. The molecule has 0 aliphatic carbocycles. The molecule has 0 bridgehead atoms. The molecule has 3 aliphatic heterocycles. The quantitative estimate of drug-likeness (QED) is 0.832. The van der Waals surface area contributed by atoms with Gasteiger partial charge in [-0.3, -0.25) is 4.90 Å². The van der Waals surface area contributed by atoms with Gasteiger partial charge in [0.2, 0.25) is 5.95 Å². The number of hydrogen-bond acceptors (Lipinski definition) is 5. The topological polar surface area (TPSA) is 41.5 Å². The van der Waals surface area contributed by atoms with Gasteiger partial charge in [0.15, 0.2) is 5.82 Å². The Labute approximate surface area is 130 Å². The Morgan fingerprint density at radius 1 is 1.18 bits per heavy atom. The van der Waals surface area contributed by atoms with Crippen LogP contribution in [-0.2, 0) is 4.74 Å². The molecule has 2 atom stereocenters. The summed E-state index contributed by atoms with van der Waals surface area (Å²) in [7, 11) is 0. The minimum atomic E-state index is -0.372. The Morgan fingerprint density at radius 3 is 2.82 bits per heavy atom. The molecule has 3 aliphatic rings. The van der Waals surface area contributed by atoms with Crippen molar-refractivity contribution in [2.45, 2.75) is 31.7 Å². The van der Waals surface area contributed by atoms with Crippen LogP contribution in [0.2, 0.25) is 0 Å². The molecule has 0 saturated carbocycles. The van der Waals surface area contributed by atoms with Crippen LogP contribution in [0.5, 0.6) is 0 Å². The van der Waals surface area contributed by atoms with Crippen LogP contribution in [0.25, 0.3) is 0 Å². The molecule has 1 aromatic rings. The maximum Gasteiger partial charge on any atom is 0.225 e. The highest BCUT2D eigenvalue weighted by Gasteiger charge is 2.44. The van der Waals surface area contributed by atoms with Gasteiger partial charge in [-0.15, -0.1) is 0 Å². The molecule has 22 heavy (non-hydrogen) atoms. The molecule has 3 fully saturated rings. The molecule has 120 valence electrons. The second kappa shape index (κ2) is 5.74. The van der Waals surface area contributed by atoms with Gasteiger partial charge < -0.3 is 9.64 Å². The van der Waals surface area contributed by atoms with Crippen molar-refractivity contribution < 1.29 is 9.13 Å². The average Bonchev–Trinajstić information content (AvgIpc) is 3.18. The zero-order valence-electron chi connectivity index (χ0n) is 12.9. The molecule has 4 rings (SSSR count). The third-order valence-corrected chi connectivity index (χ3v) is 5.44. The Balaban J connectivity index is 1.45. The lowest BCUT2D eigenvalue weighted by molar-refractivity contribution is 0.144. The first kappa shape index (κ1) is 14.3. The Bertz CT molecular complexity index is 519. The van der Waals surface area contributed by atoms with Crippen LogP contribution in [-0.4, -0.2) is 60.3 Å². The summed E-state index contributed by atoms with van der Waals surface area (Å²) < 4.78 is 18.5. The number of ether oxygens (including phenoxy) is 1. The summed E-state index contributed by atoms with van der Waals surface area (Å²) >= 11 is 0. The van der Waals surface area contributed by atoms with Crippen molar-refractivity contribution in [3.8, 4) is 0 Å². The standard InChI is InChI=1S/C16H23FN4O/c17-13-8-18-15(19-9-13)21-5-1-3-16(12-21)4-6-20(11-16)14-2-7-22-10-14/h8-9,14H,1-7,10-12H2/t14-,16-/m1/s1. The van der Waals surface area contributed by atoms with Gasteiger partial charge in [0.1, 0.15) is 0 Å². The van der Waals surface area contributed by atoms with E-state index in [1.54, 1.807) is 0 Å². The first-order chi connectivity index (χ1) is 10.7. The van der Waals surface area contributed by atoms with Crippen LogP contribution in [0.15, 0.2) is 12.4 Å². The van der Waals surface area contributed by atoms with E-state index in [9.17, 15) is 4.39 Å². The number of anilines is 1. The second-order valence-corrected chi connectivity index (χ2v) is 6.96. The third kappa shape index (κ3) is 2.70. The van der Waals surface area contributed by atoms with Crippen LogP contribution >= 0.6 is 0 Å². The average molecular weight is 306 g/mol. The molecular formula is C16H23FN4O. The van der Waals surface area contributed by atoms with Crippen LogP contribution in [0.1, 0.15) is 25.7 Å². The molecule has 0 amide bonds. The van der Waals surface area contributed by atoms with Crippen molar-refractivity contribution in [1.29, 1.82) is 0 Å². The highest BCUT2D eigenvalue weighted by Crippen LogP contribution is 2.41. The molecule has 0 radical (unpaired) electrons. The molecule has 0 N–H and O–H groups in total. The normalized spacial score (nSPS) is 33.0. The zero-order valence-corrected chi connectivity index (χ0v) is 12.9. The predicted octanol–water partition coefficient (Wildman–Crippen LogP) is 1.70. The van der Waals surface area contributed by atoms with Gasteiger partial charge in [0.25, 0.3) is 0 Å². The molecule has 1 aromatic heterocycles. The van der Waals surface area contributed by atoms with Crippen molar-refractivity contribution in [3.05, 3.63) is 18.2 Å². The number of nitrogens with zero attached hydrogens (tertiary/aromatic N) is 4. The van der Waals surface area contributed by atoms with E-state index >= 15 is 0 Å². The van der Waals surface area contributed by atoms with E-state index in [4.69, 9.17) is 4.74 Å². The van der Waals surface area contributed by atoms with Crippen LogP contribution < -0.4 is 4.90 Å². The molecule has 6 heteroatoms. The molecule has 1 spiro atoms. The van der Waals surface area contributed by atoms with Gasteiger partial charge in [0.05, 0.1) is 19.0 Å². The second-order valence-electron chi connectivity index (χ2n) is 6.96. The lowest BCUT2D eigenvalue weighted by atomic mass is 9.79. The van der Waals surface area contributed by atoms with Gasteiger partial charge in [-0.1, -0.05) is 0 Å². The SMILES string of the molecule is Fc1cnc(N2CCC[C@]3(CCN([C@@H]4CCOC4)C3)C2)nc1. The molecule has 3 saturated heterocycles. The smallest absolute Gasteiger partial charge is 0.225 e. The summed E-state index contributed by atoms with van der Waals surface area (Å²) in [6.07, 6.45) is 7.37. The highest BCUT2D eigenvalue weighted by molar-refractivity contribution is 5.30. The van der Waals surface area contributed by atoms with E-state index in [0.717, 1.165) is 39.3 Å². The predicted molar refractivity (Wildman–Crippen MR) is 81.3 cm³/mol. The lowest BCUT2D eigenvalue weighted by Crippen LogP contribution is -2.46. The minimum absolute atomic E-state index is 0.346. The summed E-state index contributed by atoms with van der Waals surface area (Å²) in [4.78, 5) is 13.2.